The second kappa shape index (κ2) is 6.53. The van der Waals surface area contributed by atoms with Gasteiger partial charge in [0, 0.05) is 0 Å². The molecule has 1 aliphatic heterocycles. The summed E-state index contributed by atoms with van der Waals surface area (Å²) in [6, 6.07) is 26.9. The zero-order chi connectivity index (χ0) is 20.1. The summed E-state index contributed by atoms with van der Waals surface area (Å²) >= 11 is 1.38. The van der Waals surface area contributed by atoms with Crippen LogP contribution in [0, 0.1) is 13.8 Å². The molecule has 4 aromatic carbocycles. The number of fused-ring (bicyclic) bond motifs is 1. The van der Waals surface area contributed by atoms with Crippen LogP contribution in [0.15, 0.2) is 91.0 Å². The van der Waals surface area contributed by atoms with Crippen molar-refractivity contribution in [3.05, 3.63) is 108 Å². The van der Waals surface area contributed by atoms with E-state index in [-0.39, 0.29) is 5.52 Å². The number of hydrogen-bond donors (Lipinski definition) is 0. The Kier molecular flexibility index (Phi) is 4.18. The normalized spacial score (nSPS) is 17.9. The predicted molar refractivity (Wildman–Crippen MR) is 126 cm³/mol. The summed E-state index contributed by atoms with van der Waals surface area (Å²) in [6.45, 7) is 4.09. The second-order valence-electron chi connectivity index (χ2n) is 7.50. The van der Waals surface area contributed by atoms with Gasteiger partial charge in [-0.05, 0) is 0 Å². The van der Waals surface area contributed by atoms with Crippen molar-refractivity contribution < 1.29 is 8.76 Å². The molecule has 0 bridgehead atoms. The maximum atomic E-state index is 14.4. The molecule has 0 aliphatic carbocycles. The SMILES string of the molecule is Cc1cc2ccccc2c(C)c1C(=O)P1(c2ccccc2)(c2ccccc2)OS1. The van der Waals surface area contributed by atoms with Crippen molar-refractivity contribution in [2.24, 2.45) is 0 Å². The molecular weight excluding hydrogens is 395 g/mol. The van der Waals surface area contributed by atoms with Crippen molar-refractivity contribution in [1.82, 2.24) is 0 Å². The predicted octanol–water partition coefficient (Wildman–Crippen LogP) is 6.31. The van der Waals surface area contributed by atoms with Crippen molar-refractivity contribution in [2.45, 2.75) is 13.8 Å². The summed E-state index contributed by atoms with van der Waals surface area (Å²) in [7, 11) is 0. The van der Waals surface area contributed by atoms with Crippen LogP contribution in [-0.4, -0.2) is 5.52 Å². The Bertz CT molecular complexity index is 1200. The van der Waals surface area contributed by atoms with Crippen molar-refractivity contribution in [1.29, 1.82) is 0 Å². The van der Waals surface area contributed by atoms with E-state index in [9.17, 15) is 4.79 Å². The zero-order valence-corrected chi connectivity index (χ0v) is 18.0. The molecule has 1 saturated heterocycles. The molecule has 0 atom stereocenters. The minimum atomic E-state index is -3.48. The molecule has 2 nitrogen and oxygen atoms in total. The van der Waals surface area contributed by atoms with E-state index >= 15 is 0 Å². The molecule has 1 fully saturated rings. The van der Waals surface area contributed by atoms with Crippen LogP contribution in [0.4, 0.5) is 0 Å². The summed E-state index contributed by atoms with van der Waals surface area (Å²) in [5.41, 5.74) is 2.92. The van der Waals surface area contributed by atoms with E-state index < -0.39 is 6.03 Å². The second-order valence-corrected chi connectivity index (χ2v) is 14.1. The monoisotopic (exact) mass is 416 g/mol. The Morgan fingerprint density at radius 2 is 1.31 bits per heavy atom. The average molecular weight is 416 g/mol. The first-order chi connectivity index (χ1) is 14.1. The van der Waals surface area contributed by atoms with Gasteiger partial charge in [-0.3, -0.25) is 0 Å². The Hall–Kier alpha value is -2.45. The van der Waals surface area contributed by atoms with Crippen molar-refractivity contribution in [2.75, 3.05) is 0 Å². The summed E-state index contributed by atoms with van der Waals surface area (Å²) in [6.07, 6.45) is 0. The van der Waals surface area contributed by atoms with Gasteiger partial charge in [0.15, 0.2) is 0 Å². The van der Waals surface area contributed by atoms with Crippen LogP contribution in [0.3, 0.4) is 0 Å². The molecule has 4 heteroatoms. The van der Waals surface area contributed by atoms with Gasteiger partial charge in [-0.15, -0.1) is 0 Å². The Morgan fingerprint density at radius 3 is 1.86 bits per heavy atom. The summed E-state index contributed by atoms with van der Waals surface area (Å²) in [5, 5.41) is 4.23. The van der Waals surface area contributed by atoms with Gasteiger partial charge in [0.1, 0.15) is 0 Å². The molecule has 0 amide bonds. The van der Waals surface area contributed by atoms with Crippen LogP contribution in [-0.2, 0) is 3.97 Å². The molecule has 0 aromatic heterocycles. The van der Waals surface area contributed by atoms with E-state index in [1.807, 2.05) is 79.7 Å². The van der Waals surface area contributed by atoms with Gasteiger partial charge in [-0.1, -0.05) is 0 Å². The number of carbonyl (C=O) groups excluding carboxylic acids is 1. The summed E-state index contributed by atoms with van der Waals surface area (Å²) < 4.78 is 6.29. The molecule has 0 spiro atoms. The van der Waals surface area contributed by atoms with E-state index in [0.717, 1.165) is 38.1 Å². The van der Waals surface area contributed by atoms with Gasteiger partial charge in [-0.25, -0.2) is 0 Å². The zero-order valence-electron chi connectivity index (χ0n) is 16.3. The standard InChI is InChI=1S/C25H21O2PS/c1-18-17-20-11-9-10-16-23(20)19(2)24(18)25(26)28(27-29-28,21-12-5-3-6-13-21)22-14-7-4-8-15-22/h3-17H,1-2H3. The number of benzene rings is 4. The van der Waals surface area contributed by atoms with E-state index in [2.05, 4.69) is 25.1 Å². The topological polar surface area (TPSA) is 29.6 Å². The van der Waals surface area contributed by atoms with Gasteiger partial charge in [0.05, 0.1) is 0 Å². The number of carbonyl (C=O) groups is 1. The van der Waals surface area contributed by atoms with Crippen LogP contribution in [0.25, 0.3) is 10.8 Å². The third-order valence-electron chi connectivity index (χ3n) is 5.84. The average Bonchev–Trinajstić information content (AvgIpc) is 3.54. The van der Waals surface area contributed by atoms with Gasteiger partial charge in [0.2, 0.25) is 0 Å². The molecule has 1 aliphatic rings. The van der Waals surface area contributed by atoms with Gasteiger partial charge in [-0.2, -0.15) is 0 Å². The molecule has 1 heterocycles. The molecule has 4 aromatic rings. The van der Waals surface area contributed by atoms with E-state index in [0.29, 0.717) is 0 Å². The Balaban J connectivity index is 1.83. The first kappa shape index (κ1) is 18.6. The van der Waals surface area contributed by atoms with Crippen LogP contribution >= 0.6 is 17.7 Å². The van der Waals surface area contributed by atoms with Gasteiger partial charge >= 0.3 is 175 Å². The van der Waals surface area contributed by atoms with Crippen molar-refractivity contribution >= 4 is 44.6 Å². The van der Waals surface area contributed by atoms with Gasteiger partial charge < -0.3 is 0 Å². The molecule has 0 radical (unpaired) electrons. The molecule has 5 rings (SSSR count). The van der Waals surface area contributed by atoms with Crippen molar-refractivity contribution in [3.8, 4) is 0 Å². The number of hydrogen-bond acceptors (Lipinski definition) is 3. The molecule has 29 heavy (non-hydrogen) atoms. The fourth-order valence-electron chi connectivity index (χ4n) is 4.30. The Labute approximate surface area is 174 Å². The van der Waals surface area contributed by atoms with Gasteiger partial charge in [0.25, 0.3) is 0 Å². The third kappa shape index (κ3) is 2.48. The number of aryl methyl sites for hydroxylation is 2. The third-order valence-corrected chi connectivity index (χ3v) is 13.4. The molecule has 0 saturated carbocycles. The van der Waals surface area contributed by atoms with Crippen LogP contribution in [0.2, 0.25) is 0 Å². The quantitative estimate of drug-likeness (QED) is 0.222. The summed E-state index contributed by atoms with van der Waals surface area (Å²) in [5.74, 6) is 0. The Morgan fingerprint density at radius 1 is 0.793 bits per heavy atom. The molecule has 144 valence electrons. The van der Waals surface area contributed by atoms with Crippen molar-refractivity contribution in [3.63, 3.8) is 0 Å². The maximum absolute atomic E-state index is 14.4. The van der Waals surface area contributed by atoms with E-state index in [1.54, 1.807) is 0 Å². The van der Waals surface area contributed by atoms with Crippen LogP contribution in [0.5, 0.6) is 0 Å². The summed E-state index contributed by atoms with van der Waals surface area (Å²) in [4.78, 5) is 14.4. The minimum absolute atomic E-state index is 0.110. The molecule has 0 unspecified atom stereocenters. The van der Waals surface area contributed by atoms with E-state index in [1.165, 1.54) is 11.7 Å². The van der Waals surface area contributed by atoms with Crippen LogP contribution < -0.4 is 10.6 Å². The fourth-order valence-corrected chi connectivity index (χ4v) is 11.5. The fraction of sp³-hybridized carbons (Fsp3) is 0.0800. The first-order valence-electron chi connectivity index (χ1n) is 9.63. The molecule has 0 N–H and O–H groups in total. The van der Waals surface area contributed by atoms with Crippen LogP contribution in [0.1, 0.15) is 21.5 Å². The first-order valence-corrected chi connectivity index (χ1v) is 13.1. The van der Waals surface area contributed by atoms with E-state index in [4.69, 9.17) is 3.97 Å². The molecular formula is C25H21O2PS. The number of rotatable bonds is 4.